The number of nitrogens with one attached hydrogen (secondary N) is 1. The van der Waals surface area contributed by atoms with Gasteiger partial charge >= 0.3 is 5.97 Å². The van der Waals surface area contributed by atoms with Gasteiger partial charge in [0.05, 0.1) is 0 Å². The van der Waals surface area contributed by atoms with Crippen LogP contribution in [0.3, 0.4) is 0 Å². The Balaban J connectivity index is 2.13. The summed E-state index contributed by atoms with van der Waals surface area (Å²) >= 11 is 0. The molecule has 0 saturated heterocycles. The molecule has 0 unspecified atom stereocenters. The van der Waals surface area contributed by atoms with E-state index in [0.29, 0.717) is 5.65 Å². The molecule has 19 heavy (non-hydrogen) atoms. The van der Waals surface area contributed by atoms with Crippen molar-refractivity contribution in [3.05, 3.63) is 54.4 Å². The maximum Gasteiger partial charge on any atom is 0.343 e. The lowest BCUT2D eigenvalue weighted by Crippen LogP contribution is -2.01. The van der Waals surface area contributed by atoms with E-state index in [4.69, 9.17) is 0 Å². The lowest BCUT2D eigenvalue weighted by atomic mass is 10.3. The van der Waals surface area contributed by atoms with Crippen molar-refractivity contribution < 1.29 is 9.90 Å². The van der Waals surface area contributed by atoms with Gasteiger partial charge in [0.2, 0.25) is 0 Å². The first-order valence-corrected chi connectivity index (χ1v) is 5.64. The molecule has 3 aromatic rings. The van der Waals surface area contributed by atoms with E-state index in [0.717, 1.165) is 5.69 Å². The predicted octanol–water partition coefficient (Wildman–Crippen LogP) is 2.17. The van der Waals surface area contributed by atoms with Crippen LogP contribution in [0.5, 0.6) is 0 Å². The summed E-state index contributed by atoms with van der Waals surface area (Å²) in [6.07, 6.45) is 3.20. The first-order chi connectivity index (χ1) is 9.25. The summed E-state index contributed by atoms with van der Waals surface area (Å²) in [6.45, 7) is 0. The van der Waals surface area contributed by atoms with Gasteiger partial charge in [-0.3, -0.25) is 0 Å². The fraction of sp³-hybridized carbons (Fsp3) is 0. The Morgan fingerprint density at radius 3 is 2.74 bits per heavy atom. The highest BCUT2D eigenvalue weighted by Gasteiger charge is 2.20. The third-order valence-corrected chi connectivity index (χ3v) is 2.65. The van der Waals surface area contributed by atoms with Crippen molar-refractivity contribution in [3.63, 3.8) is 0 Å². The normalized spacial score (nSPS) is 10.5. The molecule has 2 aromatic heterocycles. The van der Waals surface area contributed by atoms with Crippen LogP contribution in [0.25, 0.3) is 5.65 Å². The monoisotopic (exact) mass is 254 g/mol. The summed E-state index contributed by atoms with van der Waals surface area (Å²) in [5.74, 6) is -0.787. The van der Waals surface area contributed by atoms with Crippen molar-refractivity contribution in [2.75, 3.05) is 5.32 Å². The maximum atomic E-state index is 11.4. The molecule has 0 atom stereocenters. The molecular formula is C13H10N4O2. The number of benzene rings is 1. The molecule has 0 aliphatic carbocycles. The molecule has 6 nitrogen and oxygen atoms in total. The minimum Gasteiger partial charge on any atom is -0.477 e. The van der Waals surface area contributed by atoms with Crippen molar-refractivity contribution in [1.82, 2.24) is 14.6 Å². The van der Waals surface area contributed by atoms with Crippen LogP contribution in [-0.4, -0.2) is 25.7 Å². The van der Waals surface area contributed by atoms with Gasteiger partial charge in [0.15, 0.2) is 11.5 Å². The average Bonchev–Trinajstić information content (AvgIpc) is 2.77. The maximum absolute atomic E-state index is 11.4. The fourth-order valence-electron chi connectivity index (χ4n) is 1.83. The SMILES string of the molecule is O=C(O)c1c(Nc2ccccc2)nn2cccnc12. The molecule has 0 bridgehead atoms. The van der Waals surface area contributed by atoms with Gasteiger partial charge in [-0.2, -0.15) is 0 Å². The van der Waals surface area contributed by atoms with E-state index in [9.17, 15) is 9.90 Å². The van der Waals surface area contributed by atoms with Crippen molar-refractivity contribution in [2.45, 2.75) is 0 Å². The molecule has 2 heterocycles. The van der Waals surface area contributed by atoms with E-state index in [1.54, 1.807) is 12.3 Å². The molecule has 0 fully saturated rings. The van der Waals surface area contributed by atoms with E-state index >= 15 is 0 Å². The van der Waals surface area contributed by atoms with Gasteiger partial charge in [0, 0.05) is 18.1 Å². The Morgan fingerprint density at radius 2 is 2.00 bits per heavy atom. The second-order valence-electron chi connectivity index (χ2n) is 3.91. The van der Waals surface area contributed by atoms with E-state index in [1.807, 2.05) is 30.3 Å². The molecule has 6 heteroatoms. The molecule has 0 aliphatic heterocycles. The molecule has 94 valence electrons. The van der Waals surface area contributed by atoms with Crippen LogP contribution >= 0.6 is 0 Å². The minimum absolute atomic E-state index is 0.0597. The first kappa shape index (κ1) is 11.2. The highest BCUT2D eigenvalue weighted by molar-refractivity contribution is 6.00. The van der Waals surface area contributed by atoms with Crippen molar-refractivity contribution >= 4 is 23.1 Å². The molecule has 3 rings (SSSR count). The number of rotatable bonds is 3. The highest BCUT2D eigenvalue weighted by Crippen LogP contribution is 2.22. The summed E-state index contributed by atoms with van der Waals surface area (Å²) in [7, 11) is 0. The second kappa shape index (κ2) is 4.41. The number of para-hydroxylation sites is 1. The minimum atomic E-state index is -1.06. The predicted molar refractivity (Wildman–Crippen MR) is 69.7 cm³/mol. The number of hydrogen-bond donors (Lipinski definition) is 2. The topological polar surface area (TPSA) is 79.5 Å². The number of aromatic carboxylic acids is 1. The largest absolute Gasteiger partial charge is 0.477 e. The summed E-state index contributed by atoms with van der Waals surface area (Å²) in [5, 5.41) is 16.5. The van der Waals surface area contributed by atoms with Gasteiger partial charge in [0.25, 0.3) is 0 Å². The molecule has 1 aromatic carbocycles. The van der Waals surface area contributed by atoms with Gasteiger partial charge in [-0.15, -0.1) is 5.10 Å². The van der Waals surface area contributed by atoms with Gasteiger partial charge in [-0.05, 0) is 18.2 Å². The lowest BCUT2D eigenvalue weighted by molar-refractivity contribution is 0.0700. The van der Waals surface area contributed by atoms with Crippen LogP contribution in [-0.2, 0) is 0 Å². The number of anilines is 2. The molecule has 0 radical (unpaired) electrons. The van der Waals surface area contributed by atoms with Crippen LogP contribution in [0.2, 0.25) is 0 Å². The lowest BCUT2D eigenvalue weighted by Gasteiger charge is -2.02. The number of nitrogens with zero attached hydrogens (tertiary/aromatic N) is 3. The average molecular weight is 254 g/mol. The summed E-state index contributed by atoms with van der Waals surface area (Å²) in [4.78, 5) is 15.4. The van der Waals surface area contributed by atoms with Crippen molar-refractivity contribution in [1.29, 1.82) is 0 Å². The number of aromatic nitrogens is 3. The van der Waals surface area contributed by atoms with Gasteiger partial charge < -0.3 is 10.4 Å². The Kier molecular flexibility index (Phi) is 2.60. The second-order valence-corrected chi connectivity index (χ2v) is 3.91. The van der Waals surface area contributed by atoms with E-state index in [1.165, 1.54) is 10.7 Å². The van der Waals surface area contributed by atoms with Gasteiger partial charge in [-0.25, -0.2) is 14.3 Å². The van der Waals surface area contributed by atoms with E-state index in [2.05, 4.69) is 15.4 Å². The van der Waals surface area contributed by atoms with Crippen molar-refractivity contribution in [3.8, 4) is 0 Å². The van der Waals surface area contributed by atoms with Crippen molar-refractivity contribution in [2.24, 2.45) is 0 Å². The number of carboxylic acid groups (broad SMARTS) is 1. The summed E-state index contributed by atoms with van der Waals surface area (Å²) < 4.78 is 1.44. The number of fused-ring (bicyclic) bond motifs is 1. The Bertz CT molecular complexity index is 737. The number of carboxylic acids is 1. The molecular weight excluding hydrogens is 244 g/mol. The first-order valence-electron chi connectivity index (χ1n) is 5.64. The zero-order valence-corrected chi connectivity index (χ0v) is 9.82. The van der Waals surface area contributed by atoms with E-state index in [-0.39, 0.29) is 11.4 Å². The Hall–Kier alpha value is -2.89. The third kappa shape index (κ3) is 1.99. The standard InChI is InChI=1S/C13H10N4O2/c18-13(19)10-11(15-9-5-2-1-3-6-9)16-17-8-4-7-14-12(10)17/h1-8H,(H,15,16)(H,18,19). The van der Waals surface area contributed by atoms with Crippen LogP contribution < -0.4 is 5.32 Å². The zero-order valence-electron chi connectivity index (χ0n) is 9.82. The Labute approximate surface area is 108 Å². The zero-order chi connectivity index (χ0) is 13.2. The Morgan fingerprint density at radius 1 is 1.21 bits per heavy atom. The van der Waals surface area contributed by atoms with Gasteiger partial charge in [-0.1, -0.05) is 18.2 Å². The smallest absolute Gasteiger partial charge is 0.343 e. The molecule has 0 saturated carbocycles. The van der Waals surface area contributed by atoms with Crippen LogP contribution in [0, 0.1) is 0 Å². The van der Waals surface area contributed by atoms with Crippen LogP contribution in [0.4, 0.5) is 11.5 Å². The third-order valence-electron chi connectivity index (χ3n) is 2.65. The van der Waals surface area contributed by atoms with E-state index < -0.39 is 5.97 Å². The van der Waals surface area contributed by atoms with Crippen LogP contribution in [0.1, 0.15) is 10.4 Å². The molecule has 0 spiro atoms. The fourth-order valence-corrected chi connectivity index (χ4v) is 1.83. The molecule has 0 amide bonds. The number of carbonyl (C=O) groups is 1. The molecule has 2 N–H and O–H groups in total. The quantitative estimate of drug-likeness (QED) is 0.748. The number of hydrogen-bond acceptors (Lipinski definition) is 4. The molecule has 0 aliphatic rings. The van der Waals surface area contributed by atoms with Gasteiger partial charge in [0.1, 0.15) is 5.56 Å². The van der Waals surface area contributed by atoms with Crippen LogP contribution in [0.15, 0.2) is 48.8 Å². The summed E-state index contributed by atoms with van der Waals surface area (Å²) in [5.41, 5.74) is 1.14. The summed E-state index contributed by atoms with van der Waals surface area (Å²) in [6, 6.07) is 11.0. The highest BCUT2D eigenvalue weighted by atomic mass is 16.4.